The third kappa shape index (κ3) is 12.6. The van der Waals surface area contributed by atoms with Crippen LogP contribution in [0.5, 0.6) is 34.5 Å². The number of hydrogen-bond donors (Lipinski definition) is 0. The van der Waals surface area contributed by atoms with Crippen LogP contribution in [0.4, 0.5) is 0 Å². The van der Waals surface area contributed by atoms with Gasteiger partial charge in [-0.25, -0.2) is 0 Å². The molecular weight excluding hydrogens is 631 g/mol. The Morgan fingerprint density at radius 3 is 0.673 bits per heavy atom. The van der Waals surface area contributed by atoms with Crippen molar-refractivity contribution in [3.63, 3.8) is 0 Å². The summed E-state index contributed by atoms with van der Waals surface area (Å²) in [6.07, 6.45) is 12.0. The van der Waals surface area contributed by atoms with Gasteiger partial charge in [0.25, 0.3) is 0 Å². The normalized spacial score (nSPS) is 11.1. The van der Waals surface area contributed by atoms with Gasteiger partial charge in [-0.1, -0.05) is 98.3 Å². The van der Waals surface area contributed by atoms with Gasteiger partial charge in [0.05, 0.1) is 55.6 Å². The second-order valence-electron chi connectivity index (χ2n) is 12.4. The predicted octanol–water partition coefficient (Wildman–Crippen LogP) is 10.5. The van der Waals surface area contributed by atoms with Crippen LogP contribution in [0, 0.1) is 0 Å². The Morgan fingerprint density at radius 2 is 0.510 bits per heavy atom. The van der Waals surface area contributed by atoms with E-state index in [2.05, 4.69) is 77.9 Å². The summed E-state index contributed by atoms with van der Waals surface area (Å²) >= 11 is 0. The van der Waals surface area contributed by atoms with E-state index in [4.69, 9.17) is 28.4 Å². The first-order chi connectivity index (χ1) is 24.1. The first kappa shape index (κ1) is 40.3. The van der Waals surface area contributed by atoms with Crippen LogP contribution in [0.1, 0.15) is 119 Å². The van der Waals surface area contributed by atoms with Crippen LogP contribution in [0.25, 0.3) is 0 Å². The molecule has 0 radical (unpaired) electrons. The molecule has 7 heteroatoms. The van der Waals surface area contributed by atoms with Crippen LogP contribution in [0.2, 0.25) is 0 Å². The first-order valence-electron chi connectivity index (χ1n) is 19.1. The lowest BCUT2D eigenvalue weighted by Crippen LogP contribution is -2.29. The quantitative estimate of drug-likeness (QED) is 0.0585. The molecule has 0 saturated heterocycles. The fourth-order valence-corrected chi connectivity index (χ4v) is 7.99. The molecule has 49 heavy (non-hydrogen) atoms. The van der Waals surface area contributed by atoms with Gasteiger partial charge in [0.15, 0.2) is 0 Å². The third-order valence-corrected chi connectivity index (χ3v) is 10.8. The summed E-state index contributed by atoms with van der Waals surface area (Å²) in [7, 11) is -1.45. The Labute approximate surface area is 298 Å². The molecule has 3 rings (SSSR count). The molecule has 0 aliphatic heterocycles. The summed E-state index contributed by atoms with van der Waals surface area (Å²) in [5.41, 5.74) is 0. The highest BCUT2D eigenvalue weighted by atomic mass is 31.1. The highest BCUT2D eigenvalue weighted by molar-refractivity contribution is 7.81. The van der Waals surface area contributed by atoms with Gasteiger partial charge >= 0.3 is 0 Å². The number of ether oxygens (including phenoxy) is 6. The van der Waals surface area contributed by atoms with Crippen molar-refractivity contribution in [3.05, 3.63) is 54.6 Å². The van der Waals surface area contributed by atoms with Gasteiger partial charge in [0.2, 0.25) is 0 Å². The average Bonchev–Trinajstić information content (AvgIpc) is 3.11. The zero-order chi connectivity index (χ0) is 35.1. The van der Waals surface area contributed by atoms with Crippen LogP contribution in [-0.2, 0) is 0 Å². The largest absolute Gasteiger partial charge is 0.493 e. The van der Waals surface area contributed by atoms with Crippen LogP contribution >= 0.6 is 7.92 Å². The predicted molar refractivity (Wildman–Crippen MR) is 208 cm³/mol. The van der Waals surface area contributed by atoms with Crippen molar-refractivity contribution in [3.8, 4) is 34.5 Å². The van der Waals surface area contributed by atoms with Crippen molar-refractivity contribution in [2.24, 2.45) is 0 Å². The fraction of sp³-hybridized carbons (Fsp3) is 0.571. The van der Waals surface area contributed by atoms with Crippen LogP contribution in [-0.4, -0.2) is 39.6 Å². The van der Waals surface area contributed by atoms with Gasteiger partial charge in [-0.05, 0) is 74.9 Å². The van der Waals surface area contributed by atoms with Gasteiger partial charge in [-0.15, -0.1) is 0 Å². The van der Waals surface area contributed by atoms with E-state index in [0.717, 1.165) is 127 Å². The summed E-state index contributed by atoms with van der Waals surface area (Å²) in [5.74, 6) is 4.91. The molecule has 3 aromatic rings. The van der Waals surface area contributed by atoms with Crippen LogP contribution in [0.15, 0.2) is 54.6 Å². The maximum absolute atomic E-state index is 6.68. The summed E-state index contributed by atoms with van der Waals surface area (Å²) in [5, 5.41) is 3.01. The fourth-order valence-electron chi connectivity index (χ4n) is 5.16. The molecule has 272 valence electrons. The van der Waals surface area contributed by atoms with E-state index in [-0.39, 0.29) is 0 Å². The van der Waals surface area contributed by atoms with Gasteiger partial charge < -0.3 is 28.4 Å². The van der Waals surface area contributed by atoms with E-state index in [1.165, 1.54) is 0 Å². The van der Waals surface area contributed by atoms with Crippen LogP contribution in [0.3, 0.4) is 0 Å². The number of rotatable bonds is 27. The first-order valence-corrected chi connectivity index (χ1v) is 20.4. The average molecular weight is 695 g/mol. The lowest BCUT2D eigenvalue weighted by atomic mass is 10.3. The van der Waals surface area contributed by atoms with E-state index in [1.54, 1.807) is 0 Å². The maximum atomic E-state index is 6.68. The van der Waals surface area contributed by atoms with Crippen molar-refractivity contribution in [1.82, 2.24) is 0 Å². The minimum atomic E-state index is -1.45. The third-order valence-electron chi connectivity index (χ3n) is 8.09. The minimum Gasteiger partial charge on any atom is -0.493 e. The molecule has 0 spiro atoms. The van der Waals surface area contributed by atoms with Crippen molar-refractivity contribution >= 4 is 23.8 Å². The number of hydrogen-bond acceptors (Lipinski definition) is 6. The van der Waals surface area contributed by atoms with E-state index >= 15 is 0 Å². The Balaban J connectivity index is 2.47. The maximum Gasteiger partial charge on any atom is 0.131 e. The molecule has 0 unspecified atom stereocenters. The molecule has 0 heterocycles. The topological polar surface area (TPSA) is 55.4 Å². The summed E-state index contributed by atoms with van der Waals surface area (Å²) in [4.78, 5) is 0. The molecule has 0 saturated carbocycles. The standard InChI is InChI=1S/C42H63O6P/c1-7-13-28-43-34-22-19-23-35(44-29-14-8-2)40(34)49(41-36(45-30-15-9-3)24-20-25-37(41)46-31-16-10-4)42-38(47-32-17-11-5)26-21-27-39(42)48-33-18-12-6/h19-27H,7-18,28-33H2,1-6H3. The lowest BCUT2D eigenvalue weighted by molar-refractivity contribution is 0.297. The molecule has 0 fully saturated rings. The molecule has 0 N–H and O–H groups in total. The minimum absolute atomic E-state index is 0.619. The molecule has 0 bridgehead atoms. The molecule has 3 aromatic carbocycles. The monoisotopic (exact) mass is 694 g/mol. The highest BCUT2D eigenvalue weighted by Crippen LogP contribution is 2.50. The SMILES string of the molecule is CCCCOc1cccc(OCCCC)c1P(c1c(OCCCC)cccc1OCCCC)c1c(OCCCC)cccc1OCCCC. The smallest absolute Gasteiger partial charge is 0.131 e. The molecular formula is C42H63O6P. The lowest BCUT2D eigenvalue weighted by Gasteiger charge is -2.30. The van der Waals surface area contributed by atoms with E-state index in [9.17, 15) is 0 Å². The Kier molecular flexibility index (Phi) is 19.8. The molecule has 0 aliphatic rings. The Morgan fingerprint density at radius 1 is 0.327 bits per heavy atom. The molecule has 0 aliphatic carbocycles. The van der Waals surface area contributed by atoms with E-state index < -0.39 is 7.92 Å². The molecule has 0 aromatic heterocycles. The zero-order valence-corrected chi connectivity index (χ0v) is 32.2. The van der Waals surface area contributed by atoms with E-state index in [0.29, 0.717) is 39.6 Å². The number of benzene rings is 3. The highest BCUT2D eigenvalue weighted by Gasteiger charge is 2.35. The van der Waals surface area contributed by atoms with Gasteiger partial charge in [-0.3, -0.25) is 0 Å². The van der Waals surface area contributed by atoms with Gasteiger partial charge in [0.1, 0.15) is 34.5 Å². The van der Waals surface area contributed by atoms with E-state index in [1.807, 2.05) is 18.2 Å². The van der Waals surface area contributed by atoms with Crippen LogP contribution < -0.4 is 44.3 Å². The zero-order valence-electron chi connectivity index (χ0n) is 31.3. The van der Waals surface area contributed by atoms with Gasteiger partial charge in [-0.2, -0.15) is 0 Å². The van der Waals surface area contributed by atoms with Crippen molar-refractivity contribution < 1.29 is 28.4 Å². The second kappa shape index (κ2) is 24.1. The molecule has 0 atom stereocenters. The molecule has 6 nitrogen and oxygen atoms in total. The Hall–Kier alpha value is -3.11. The summed E-state index contributed by atoms with van der Waals surface area (Å²) in [6, 6.07) is 18.7. The van der Waals surface area contributed by atoms with Crippen molar-refractivity contribution in [2.45, 2.75) is 119 Å². The number of unbranched alkanes of at least 4 members (excludes halogenated alkanes) is 6. The van der Waals surface area contributed by atoms with Crippen molar-refractivity contribution in [2.75, 3.05) is 39.6 Å². The van der Waals surface area contributed by atoms with Crippen molar-refractivity contribution in [1.29, 1.82) is 0 Å². The Bertz CT molecular complexity index is 1080. The summed E-state index contributed by atoms with van der Waals surface area (Å²) in [6.45, 7) is 16.9. The van der Waals surface area contributed by atoms with Gasteiger partial charge in [0, 0.05) is 7.92 Å². The summed E-state index contributed by atoms with van der Waals surface area (Å²) < 4.78 is 40.1. The molecule has 0 amide bonds. The second-order valence-corrected chi connectivity index (χ2v) is 14.4.